The molecule has 0 saturated heterocycles. The van der Waals surface area contributed by atoms with Crippen LogP contribution < -0.4 is 21.1 Å². The molecule has 8 nitrogen and oxygen atoms in total. The number of nitrogens with two attached hydrogens (primary N) is 1. The molecule has 184 valence electrons. The third-order valence-electron chi connectivity index (χ3n) is 5.35. The van der Waals surface area contributed by atoms with E-state index in [1.165, 1.54) is 19.4 Å². The number of ether oxygens (including phenoxy) is 1. The predicted molar refractivity (Wildman–Crippen MR) is 125 cm³/mol. The Bertz CT molecular complexity index is 1160. The van der Waals surface area contributed by atoms with Crippen molar-refractivity contribution in [1.82, 2.24) is 15.6 Å². The normalized spacial score (nSPS) is 12.5. The average molecular weight is 485 g/mol. The zero-order chi connectivity index (χ0) is 25.4. The maximum atomic E-state index is 13.9. The molecule has 1 heterocycles. The van der Waals surface area contributed by atoms with Crippen molar-refractivity contribution in [2.45, 2.75) is 25.0 Å². The average Bonchev–Trinajstić information content (AvgIpc) is 2.86. The Morgan fingerprint density at radius 2 is 1.71 bits per heavy atom. The van der Waals surface area contributed by atoms with Gasteiger partial charge in [0.25, 0.3) is 0 Å². The summed E-state index contributed by atoms with van der Waals surface area (Å²) in [5.74, 6) is -3.47. The number of aliphatic hydroxyl groups is 1. The van der Waals surface area contributed by atoms with Crippen LogP contribution in [0.5, 0.6) is 5.75 Å². The lowest BCUT2D eigenvalue weighted by Gasteiger charge is -2.19. The highest BCUT2D eigenvalue weighted by Crippen LogP contribution is 2.19. The summed E-state index contributed by atoms with van der Waals surface area (Å²) in [7, 11) is 1.53. The fraction of sp³-hybridized carbons (Fsp3) is 0.240. The SMILES string of the molecule is COc1ccc(C[C@@H](O)C(=O)NC[C@H](C(=O)NCc2ccc(N)nc2)c2ccc(F)c(F)c2)cc1. The summed E-state index contributed by atoms with van der Waals surface area (Å²) in [6, 6.07) is 13.2. The first-order chi connectivity index (χ1) is 16.8. The van der Waals surface area contributed by atoms with E-state index in [2.05, 4.69) is 15.6 Å². The van der Waals surface area contributed by atoms with Crippen molar-refractivity contribution in [1.29, 1.82) is 0 Å². The molecular formula is C25H26F2N4O4. The summed E-state index contributed by atoms with van der Waals surface area (Å²) < 4.78 is 32.4. The van der Waals surface area contributed by atoms with E-state index in [-0.39, 0.29) is 25.1 Å². The monoisotopic (exact) mass is 484 g/mol. The molecule has 10 heteroatoms. The van der Waals surface area contributed by atoms with E-state index in [0.29, 0.717) is 22.7 Å². The van der Waals surface area contributed by atoms with Gasteiger partial charge in [0.2, 0.25) is 11.8 Å². The van der Waals surface area contributed by atoms with Crippen LogP contribution >= 0.6 is 0 Å². The number of nitrogen functional groups attached to an aromatic ring is 1. The van der Waals surface area contributed by atoms with E-state index in [9.17, 15) is 23.5 Å². The third-order valence-corrected chi connectivity index (χ3v) is 5.35. The molecule has 0 bridgehead atoms. The number of benzene rings is 2. The molecule has 0 radical (unpaired) electrons. The summed E-state index contributed by atoms with van der Waals surface area (Å²) in [5, 5.41) is 15.5. The second kappa shape index (κ2) is 11.9. The van der Waals surface area contributed by atoms with Crippen molar-refractivity contribution in [2.24, 2.45) is 0 Å². The summed E-state index contributed by atoms with van der Waals surface area (Å²) in [4.78, 5) is 29.4. The number of methoxy groups -OCH3 is 1. The van der Waals surface area contributed by atoms with Crippen LogP contribution in [0.15, 0.2) is 60.8 Å². The van der Waals surface area contributed by atoms with Gasteiger partial charge in [0.1, 0.15) is 17.7 Å². The summed E-state index contributed by atoms with van der Waals surface area (Å²) in [6.07, 6.45) is 0.166. The molecular weight excluding hydrogens is 458 g/mol. The summed E-state index contributed by atoms with van der Waals surface area (Å²) >= 11 is 0. The fourth-order valence-electron chi connectivity index (χ4n) is 3.34. The van der Waals surface area contributed by atoms with Crippen LogP contribution in [-0.4, -0.2) is 41.7 Å². The quantitative estimate of drug-likeness (QED) is 0.349. The Morgan fingerprint density at radius 1 is 1.00 bits per heavy atom. The van der Waals surface area contributed by atoms with Gasteiger partial charge in [0.15, 0.2) is 11.6 Å². The first-order valence-electron chi connectivity index (χ1n) is 10.8. The number of carbonyl (C=O) groups excluding carboxylic acids is 2. The molecule has 2 atom stereocenters. The van der Waals surface area contributed by atoms with Crippen LogP contribution in [0.4, 0.5) is 14.6 Å². The van der Waals surface area contributed by atoms with Gasteiger partial charge in [-0.3, -0.25) is 9.59 Å². The van der Waals surface area contributed by atoms with Crippen LogP contribution in [0.3, 0.4) is 0 Å². The molecule has 5 N–H and O–H groups in total. The minimum Gasteiger partial charge on any atom is -0.497 e. The summed E-state index contributed by atoms with van der Waals surface area (Å²) in [5.41, 5.74) is 7.11. The molecule has 3 aromatic rings. The minimum atomic E-state index is -1.38. The lowest BCUT2D eigenvalue weighted by molar-refractivity contribution is -0.129. The first-order valence-corrected chi connectivity index (χ1v) is 10.8. The van der Waals surface area contributed by atoms with Crippen LogP contribution in [0.25, 0.3) is 0 Å². The third kappa shape index (κ3) is 7.21. The molecule has 2 amide bonds. The number of nitrogens with one attached hydrogen (secondary N) is 2. The number of aromatic nitrogens is 1. The number of amides is 2. The molecule has 2 aromatic carbocycles. The van der Waals surface area contributed by atoms with E-state index >= 15 is 0 Å². The zero-order valence-corrected chi connectivity index (χ0v) is 19.0. The van der Waals surface area contributed by atoms with Gasteiger partial charge < -0.3 is 26.2 Å². The van der Waals surface area contributed by atoms with Crippen molar-refractivity contribution in [3.8, 4) is 5.75 Å². The fourth-order valence-corrected chi connectivity index (χ4v) is 3.34. The standard InChI is InChI=1S/C25H26F2N4O4/c1-35-18-6-2-15(3-7-18)10-22(32)25(34)31-14-19(17-5-8-20(26)21(27)11-17)24(33)30-13-16-4-9-23(28)29-12-16/h2-9,11-12,19,22,32H,10,13-14H2,1H3,(H2,28,29)(H,30,33)(H,31,34)/t19-,22+/m0/s1. The van der Waals surface area contributed by atoms with Crippen molar-refractivity contribution < 1.29 is 28.2 Å². The number of nitrogens with zero attached hydrogens (tertiary/aromatic N) is 1. The van der Waals surface area contributed by atoms with Gasteiger partial charge >= 0.3 is 0 Å². The molecule has 0 aliphatic rings. The molecule has 3 rings (SSSR count). The van der Waals surface area contributed by atoms with Gasteiger partial charge in [-0.1, -0.05) is 24.3 Å². The molecule has 0 saturated carbocycles. The van der Waals surface area contributed by atoms with Crippen molar-refractivity contribution >= 4 is 17.6 Å². The second-order valence-corrected chi connectivity index (χ2v) is 7.85. The van der Waals surface area contributed by atoms with Gasteiger partial charge in [-0.15, -0.1) is 0 Å². The Kier molecular flexibility index (Phi) is 8.69. The Morgan fingerprint density at radius 3 is 2.34 bits per heavy atom. The van der Waals surface area contributed by atoms with Crippen molar-refractivity contribution in [2.75, 3.05) is 19.4 Å². The van der Waals surface area contributed by atoms with Gasteiger partial charge in [-0.2, -0.15) is 0 Å². The van der Waals surface area contributed by atoms with Gasteiger partial charge in [0.05, 0.1) is 13.0 Å². The Hall–Kier alpha value is -4.05. The van der Waals surface area contributed by atoms with E-state index in [1.807, 2.05) is 0 Å². The van der Waals surface area contributed by atoms with Crippen molar-refractivity contribution in [3.63, 3.8) is 0 Å². The van der Waals surface area contributed by atoms with E-state index < -0.39 is 35.5 Å². The van der Waals surface area contributed by atoms with Crippen LogP contribution in [0.1, 0.15) is 22.6 Å². The minimum absolute atomic E-state index is 0.0437. The smallest absolute Gasteiger partial charge is 0.249 e. The molecule has 0 aliphatic carbocycles. The van der Waals surface area contributed by atoms with E-state index in [4.69, 9.17) is 10.5 Å². The van der Waals surface area contributed by atoms with Crippen LogP contribution in [0, 0.1) is 11.6 Å². The second-order valence-electron chi connectivity index (χ2n) is 7.85. The highest BCUT2D eigenvalue weighted by molar-refractivity contribution is 5.86. The lowest BCUT2D eigenvalue weighted by Crippen LogP contribution is -2.41. The Balaban J connectivity index is 1.66. The first kappa shape index (κ1) is 25.6. The number of carbonyl (C=O) groups is 2. The van der Waals surface area contributed by atoms with Crippen LogP contribution in [-0.2, 0) is 22.6 Å². The number of aliphatic hydroxyl groups excluding tert-OH is 1. The number of hydrogen-bond acceptors (Lipinski definition) is 6. The van der Waals surface area contributed by atoms with Gasteiger partial charge in [-0.05, 0) is 47.0 Å². The largest absolute Gasteiger partial charge is 0.497 e. The molecule has 0 aliphatic heterocycles. The number of halogens is 2. The number of anilines is 1. The highest BCUT2D eigenvalue weighted by Gasteiger charge is 2.24. The zero-order valence-electron chi connectivity index (χ0n) is 19.0. The number of pyridine rings is 1. The van der Waals surface area contributed by atoms with Crippen LogP contribution in [0.2, 0.25) is 0 Å². The van der Waals surface area contributed by atoms with Gasteiger partial charge in [0, 0.05) is 25.7 Å². The van der Waals surface area contributed by atoms with E-state index in [1.54, 1.807) is 36.4 Å². The van der Waals surface area contributed by atoms with E-state index in [0.717, 1.165) is 12.1 Å². The number of hydrogen-bond donors (Lipinski definition) is 4. The molecule has 1 aromatic heterocycles. The molecule has 0 unspecified atom stereocenters. The maximum absolute atomic E-state index is 13.9. The maximum Gasteiger partial charge on any atom is 0.249 e. The number of rotatable bonds is 10. The molecule has 0 fully saturated rings. The van der Waals surface area contributed by atoms with Crippen molar-refractivity contribution in [3.05, 3.63) is 89.1 Å². The lowest BCUT2D eigenvalue weighted by atomic mass is 9.97. The Labute approximate surface area is 201 Å². The summed E-state index contributed by atoms with van der Waals surface area (Å²) in [6.45, 7) is -0.129. The molecule has 0 spiro atoms. The topological polar surface area (TPSA) is 127 Å². The van der Waals surface area contributed by atoms with Gasteiger partial charge in [-0.25, -0.2) is 13.8 Å². The predicted octanol–water partition coefficient (Wildman–Crippen LogP) is 2.07. The molecule has 35 heavy (non-hydrogen) atoms. The highest BCUT2D eigenvalue weighted by atomic mass is 19.2.